The fourth-order valence-corrected chi connectivity index (χ4v) is 3.43. The lowest BCUT2D eigenvalue weighted by molar-refractivity contribution is 0.00178. The summed E-state index contributed by atoms with van der Waals surface area (Å²) in [5.74, 6) is -0.999. The second-order valence-electron chi connectivity index (χ2n) is 6.10. The van der Waals surface area contributed by atoms with Crippen LogP contribution >= 0.6 is 0 Å². The van der Waals surface area contributed by atoms with E-state index in [-0.39, 0.29) is 6.10 Å². The van der Waals surface area contributed by atoms with Crippen molar-refractivity contribution in [1.82, 2.24) is 4.98 Å². The molecule has 120 valence electrons. The summed E-state index contributed by atoms with van der Waals surface area (Å²) < 4.78 is 25.5. The number of rotatable bonds is 3. The monoisotopic (exact) mass is 316 g/mol. The molecule has 4 rings (SSSR count). The molecule has 1 N–H and O–H groups in total. The number of aliphatic imine (C=N–C) groups is 1. The Bertz CT molecular complexity index is 831. The van der Waals surface area contributed by atoms with Gasteiger partial charge in [-0.05, 0) is 31.4 Å². The van der Waals surface area contributed by atoms with E-state index in [1.54, 1.807) is 12.3 Å². The van der Waals surface area contributed by atoms with Crippen LogP contribution in [-0.2, 0) is 10.3 Å². The second kappa shape index (κ2) is 5.45. The molecule has 1 aromatic carbocycles. The van der Waals surface area contributed by atoms with Crippen LogP contribution in [0.25, 0.3) is 11.1 Å². The highest BCUT2D eigenvalue weighted by molar-refractivity contribution is 5.78. The van der Waals surface area contributed by atoms with Crippen molar-refractivity contribution in [2.75, 3.05) is 6.61 Å². The van der Waals surface area contributed by atoms with Crippen molar-refractivity contribution >= 4 is 17.3 Å². The fourth-order valence-electron chi connectivity index (χ4n) is 3.43. The van der Waals surface area contributed by atoms with Gasteiger partial charge >= 0.3 is 5.76 Å². The molecule has 2 unspecified atom stereocenters. The van der Waals surface area contributed by atoms with E-state index in [0.29, 0.717) is 23.1 Å². The number of aromatic nitrogens is 1. The molecule has 0 saturated carbocycles. The Morgan fingerprint density at radius 1 is 1.39 bits per heavy atom. The number of benzene rings is 1. The third-order valence-electron chi connectivity index (χ3n) is 4.55. The third-order valence-corrected chi connectivity index (χ3v) is 4.55. The molecule has 3 heterocycles. The van der Waals surface area contributed by atoms with E-state index >= 15 is 0 Å². The maximum Gasteiger partial charge on any atom is 0.417 e. The van der Waals surface area contributed by atoms with Gasteiger partial charge in [-0.1, -0.05) is 6.08 Å². The van der Waals surface area contributed by atoms with Crippen LogP contribution in [0.4, 0.5) is 4.39 Å². The Hall–Kier alpha value is -2.21. The van der Waals surface area contributed by atoms with Gasteiger partial charge in [-0.2, -0.15) is 0 Å². The van der Waals surface area contributed by atoms with Gasteiger partial charge in [0.15, 0.2) is 5.58 Å². The number of hydrogen-bond acceptors (Lipinski definition) is 4. The van der Waals surface area contributed by atoms with Crippen LogP contribution in [0.3, 0.4) is 0 Å². The molecule has 1 saturated heterocycles. The molecule has 0 amide bonds. The lowest BCUT2D eigenvalue weighted by atomic mass is 9.83. The first-order chi connectivity index (χ1) is 11.2. The van der Waals surface area contributed by atoms with Crippen molar-refractivity contribution in [3.05, 3.63) is 46.2 Å². The van der Waals surface area contributed by atoms with Gasteiger partial charge < -0.3 is 9.15 Å². The Labute approximate surface area is 131 Å². The molecule has 5 nitrogen and oxygen atoms in total. The van der Waals surface area contributed by atoms with Crippen LogP contribution in [0.5, 0.6) is 0 Å². The topological polar surface area (TPSA) is 67.6 Å². The van der Waals surface area contributed by atoms with Crippen molar-refractivity contribution < 1.29 is 13.5 Å². The first-order valence-corrected chi connectivity index (χ1v) is 7.84. The predicted octanol–water partition coefficient (Wildman–Crippen LogP) is 3.06. The maximum atomic E-state index is 14.7. The standard InChI is InChI=1S/C17H17FN2O3/c18-13-9-14-15(23-16(21)20-14)8-12(13)17(5-3-6-19-17)10-11-4-1-2-7-22-11/h3,5-6,8-9,11H,1-2,4,7,10H2,(H,20,21). The molecule has 0 aliphatic carbocycles. The molecule has 6 heteroatoms. The maximum absolute atomic E-state index is 14.7. The average Bonchev–Trinajstić information content (AvgIpc) is 3.13. The van der Waals surface area contributed by atoms with Crippen LogP contribution in [0.15, 0.2) is 38.5 Å². The van der Waals surface area contributed by atoms with Gasteiger partial charge in [-0.3, -0.25) is 9.98 Å². The summed E-state index contributed by atoms with van der Waals surface area (Å²) in [6.07, 6.45) is 9.15. The summed E-state index contributed by atoms with van der Waals surface area (Å²) in [7, 11) is 0. The van der Waals surface area contributed by atoms with E-state index in [1.807, 2.05) is 12.2 Å². The Morgan fingerprint density at radius 2 is 2.30 bits per heavy atom. The molecule has 2 aliphatic rings. The Kier molecular flexibility index (Phi) is 3.41. The van der Waals surface area contributed by atoms with Crippen LogP contribution in [-0.4, -0.2) is 23.9 Å². The van der Waals surface area contributed by atoms with Crippen LogP contribution in [0, 0.1) is 5.82 Å². The van der Waals surface area contributed by atoms with Gasteiger partial charge in [0.2, 0.25) is 0 Å². The van der Waals surface area contributed by atoms with Crippen molar-refractivity contribution in [3.63, 3.8) is 0 Å². The zero-order valence-electron chi connectivity index (χ0n) is 12.5. The summed E-state index contributed by atoms with van der Waals surface area (Å²) in [6.45, 7) is 0.738. The molecule has 2 atom stereocenters. The molecular formula is C17H17FN2O3. The molecule has 1 fully saturated rings. The van der Waals surface area contributed by atoms with E-state index < -0.39 is 17.1 Å². The van der Waals surface area contributed by atoms with Crippen LogP contribution < -0.4 is 5.76 Å². The number of nitrogens with zero attached hydrogens (tertiary/aromatic N) is 1. The first-order valence-electron chi connectivity index (χ1n) is 7.84. The molecule has 2 aromatic rings. The minimum absolute atomic E-state index is 0.0528. The Balaban J connectivity index is 1.77. The SMILES string of the molecule is O=c1[nH]c2cc(F)c(C3(CC4CCCCO4)C=CC=N3)cc2o1. The number of hydrogen-bond donors (Lipinski definition) is 1. The number of H-pyrrole nitrogens is 1. The third kappa shape index (κ3) is 2.53. The van der Waals surface area contributed by atoms with Gasteiger partial charge in [0.05, 0.1) is 11.6 Å². The minimum Gasteiger partial charge on any atom is -0.408 e. The number of halogens is 1. The first kappa shape index (κ1) is 14.4. The van der Waals surface area contributed by atoms with Crippen molar-refractivity contribution in [1.29, 1.82) is 0 Å². The van der Waals surface area contributed by atoms with Crippen molar-refractivity contribution in [2.45, 2.75) is 37.3 Å². The molecule has 0 spiro atoms. The molecule has 0 bridgehead atoms. The van der Waals surface area contributed by atoms with E-state index in [9.17, 15) is 9.18 Å². The summed E-state index contributed by atoms with van der Waals surface area (Å²) in [5, 5.41) is 0. The fraction of sp³-hybridized carbons (Fsp3) is 0.412. The van der Waals surface area contributed by atoms with E-state index in [0.717, 1.165) is 25.9 Å². The molecule has 1 aromatic heterocycles. The number of oxazole rings is 1. The van der Waals surface area contributed by atoms with Crippen LogP contribution in [0.1, 0.15) is 31.2 Å². The quantitative estimate of drug-likeness (QED) is 0.946. The summed E-state index contributed by atoms with van der Waals surface area (Å²) in [6, 6.07) is 2.86. The van der Waals surface area contributed by atoms with Gasteiger partial charge in [-0.15, -0.1) is 0 Å². The molecule has 23 heavy (non-hydrogen) atoms. The number of fused-ring (bicyclic) bond motifs is 1. The van der Waals surface area contributed by atoms with Gasteiger partial charge in [-0.25, -0.2) is 9.18 Å². The van der Waals surface area contributed by atoms with E-state index in [1.165, 1.54) is 6.07 Å². The van der Waals surface area contributed by atoms with Crippen molar-refractivity contribution in [3.8, 4) is 0 Å². The number of aromatic amines is 1. The van der Waals surface area contributed by atoms with E-state index in [2.05, 4.69) is 9.98 Å². The lowest BCUT2D eigenvalue weighted by Gasteiger charge is -2.32. The van der Waals surface area contributed by atoms with Gasteiger partial charge in [0.25, 0.3) is 0 Å². The lowest BCUT2D eigenvalue weighted by Crippen LogP contribution is -2.30. The number of ether oxygens (including phenoxy) is 1. The molecule has 2 aliphatic heterocycles. The normalized spacial score (nSPS) is 27.1. The highest BCUT2D eigenvalue weighted by atomic mass is 19.1. The minimum atomic E-state index is -0.796. The zero-order valence-corrected chi connectivity index (χ0v) is 12.5. The highest BCUT2D eigenvalue weighted by Gasteiger charge is 2.37. The zero-order chi connectivity index (χ0) is 15.9. The second-order valence-corrected chi connectivity index (χ2v) is 6.10. The predicted molar refractivity (Wildman–Crippen MR) is 84.3 cm³/mol. The summed E-state index contributed by atoms with van der Waals surface area (Å²) >= 11 is 0. The number of allylic oxidation sites excluding steroid dienone is 1. The van der Waals surface area contributed by atoms with Gasteiger partial charge in [0, 0.05) is 30.9 Å². The highest BCUT2D eigenvalue weighted by Crippen LogP contribution is 2.39. The van der Waals surface area contributed by atoms with Crippen LogP contribution in [0.2, 0.25) is 0 Å². The molecule has 0 radical (unpaired) electrons. The smallest absolute Gasteiger partial charge is 0.408 e. The largest absolute Gasteiger partial charge is 0.417 e. The van der Waals surface area contributed by atoms with E-state index in [4.69, 9.17) is 9.15 Å². The average molecular weight is 316 g/mol. The summed E-state index contributed by atoms with van der Waals surface area (Å²) in [4.78, 5) is 18.3. The molecular weight excluding hydrogens is 299 g/mol. The van der Waals surface area contributed by atoms with Crippen molar-refractivity contribution in [2.24, 2.45) is 4.99 Å². The number of nitrogens with one attached hydrogen (secondary N) is 1. The summed E-state index contributed by atoms with van der Waals surface area (Å²) in [5.41, 5.74) is 0.305. The van der Waals surface area contributed by atoms with Gasteiger partial charge in [0.1, 0.15) is 11.4 Å². The Morgan fingerprint density at radius 3 is 3.04 bits per heavy atom.